The molecule has 1 rings (SSSR count). The molecule has 0 aliphatic heterocycles. The maximum atomic E-state index is 13.2. The molecule has 1 nitrogen and oxygen atoms in total. The molecule has 0 aromatic heterocycles. The Balaban J connectivity index is 3.23. The van der Waals surface area contributed by atoms with Crippen molar-refractivity contribution < 1.29 is 4.39 Å². The summed E-state index contributed by atoms with van der Waals surface area (Å²) in [5, 5.41) is 0. The Kier molecular flexibility index (Phi) is 2.54. The van der Waals surface area contributed by atoms with Crippen molar-refractivity contribution in [3.05, 3.63) is 34.1 Å². The zero-order valence-corrected chi connectivity index (χ0v) is 8.65. The maximum Gasteiger partial charge on any atom is 0.128 e. The van der Waals surface area contributed by atoms with Gasteiger partial charge in [-0.2, -0.15) is 0 Å². The first kappa shape index (κ1) is 9.68. The zero-order valence-electron chi connectivity index (χ0n) is 7.07. The van der Waals surface area contributed by atoms with E-state index >= 15 is 0 Å². The molecule has 2 N–H and O–H groups in total. The van der Waals surface area contributed by atoms with Crippen LogP contribution >= 0.6 is 15.9 Å². The van der Waals surface area contributed by atoms with E-state index in [9.17, 15) is 4.39 Å². The van der Waals surface area contributed by atoms with Gasteiger partial charge >= 0.3 is 0 Å². The predicted molar refractivity (Wildman–Crippen MR) is 51.3 cm³/mol. The van der Waals surface area contributed by atoms with Crippen LogP contribution in [-0.2, 0) is 5.54 Å². The van der Waals surface area contributed by atoms with Crippen molar-refractivity contribution in [3.63, 3.8) is 0 Å². The van der Waals surface area contributed by atoms with Crippen LogP contribution in [0.2, 0.25) is 0 Å². The molecule has 0 saturated heterocycles. The van der Waals surface area contributed by atoms with Gasteiger partial charge in [0.2, 0.25) is 0 Å². The molecule has 0 saturated carbocycles. The molecule has 0 aliphatic carbocycles. The van der Waals surface area contributed by atoms with Gasteiger partial charge < -0.3 is 5.73 Å². The van der Waals surface area contributed by atoms with Crippen molar-refractivity contribution >= 4 is 15.9 Å². The smallest absolute Gasteiger partial charge is 0.128 e. The van der Waals surface area contributed by atoms with Crippen molar-refractivity contribution in [1.82, 2.24) is 0 Å². The molecule has 0 spiro atoms. The second-order valence-corrected chi connectivity index (χ2v) is 4.26. The van der Waals surface area contributed by atoms with Crippen LogP contribution in [0.25, 0.3) is 0 Å². The predicted octanol–water partition coefficient (Wildman–Crippen LogP) is 2.78. The van der Waals surface area contributed by atoms with Gasteiger partial charge in [0.25, 0.3) is 0 Å². The molecular weight excluding hydrogens is 221 g/mol. The standard InChI is InChI=1S/C9H11BrFN/c1-9(2,12)7-5-6(10)3-4-8(7)11/h3-5H,12H2,1-2H3. The molecule has 1 aromatic rings. The second-order valence-electron chi connectivity index (χ2n) is 3.35. The normalized spacial score (nSPS) is 11.8. The van der Waals surface area contributed by atoms with Gasteiger partial charge in [0.1, 0.15) is 5.82 Å². The maximum absolute atomic E-state index is 13.2. The van der Waals surface area contributed by atoms with Gasteiger partial charge in [-0.3, -0.25) is 0 Å². The van der Waals surface area contributed by atoms with Crippen LogP contribution in [0.1, 0.15) is 19.4 Å². The van der Waals surface area contributed by atoms with Gasteiger partial charge in [0, 0.05) is 15.6 Å². The topological polar surface area (TPSA) is 26.0 Å². The zero-order chi connectivity index (χ0) is 9.35. The van der Waals surface area contributed by atoms with Gasteiger partial charge in [-0.25, -0.2) is 4.39 Å². The molecule has 0 heterocycles. The van der Waals surface area contributed by atoms with Crippen LogP contribution in [0.4, 0.5) is 4.39 Å². The Labute approximate surface area is 79.9 Å². The Morgan fingerprint density at radius 2 is 2.00 bits per heavy atom. The summed E-state index contributed by atoms with van der Waals surface area (Å²) in [5.74, 6) is -0.259. The largest absolute Gasteiger partial charge is 0.322 e. The lowest BCUT2D eigenvalue weighted by molar-refractivity contribution is 0.501. The number of hydrogen-bond donors (Lipinski definition) is 1. The van der Waals surface area contributed by atoms with E-state index in [1.165, 1.54) is 6.07 Å². The van der Waals surface area contributed by atoms with Crippen molar-refractivity contribution in [2.75, 3.05) is 0 Å². The lowest BCUT2D eigenvalue weighted by Gasteiger charge is -2.19. The summed E-state index contributed by atoms with van der Waals surface area (Å²) >= 11 is 3.27. The van der Waals surface area contributed by atoms with Crippen LogP contribution in [-0.4, -0.2) is 0 Å². The molecule has 3 heteroatoms. The fourth-order valence-electron chi connectivity index (χ4n) is 0.991. The molecule has 66 valence electrons. The number of hydrogen-bond acceptors (Lipinski definition) is 1. The van der Waals surface area contributed by atoms with E-state index in [0.717, 1.165) is 4.47 Å². The van der Waals surface area contributed by atoms with E-state index in [-0.39, 0.29) is 5.82 Å². The highest BCUT2D eigenvalue weighted by molar-refractivity contribution is 9.10. The summed E-state index contributed by atoms with van der Waals surface area (Å²) in [6.45, 7) is 3.55. The summed E-state index contributed by atoms with van der Waals surface area (Å²) < 4.78 is 14.0. The van der Waals surface area contributed by atoms with E-state index in [1.54, 1.807) is 26.0 Å². The Morgan fingerprint density at radius 3 is 2.42 bits per heavy atom. The molecule has 0 fully saturated rings. The van der Waals surface area contributed by atoms with Gasteiger partial charge in [-0.05, 0) is 32.0 Å². The minimum absolute atomic E-state index is 0.259. The average molecular weight is 232 g/mol. The Hall–Kier alpha value is -0.410. The minimum atomic E-state index is -0.631. The fourth-order valence-corrected chi connectivity index (χ4v) is 1.35. The van der Waals surface area contributed by atoms with Crippen LogP contribution in [0, 0.1) is 5.82 Å². The molecule has 1 aromatic carbocycles. The average Bonchev–Trinajstić information content (AvgIpc) is 1.92. The quantitative estimate of drug-likeness (QED) is 0.791. The molecule has 0 radical (unpaired) electrons. The highest BCUT2D eigenvalue weighted by Gasteiger charge is 2.18. The van der Waals surface area contributed by atoms with Crippen LogP contribution in [0.3, 0.4) is 0 Å². The summed E-state index contributed by atoms with van der Waals surface area (Å²) in [6, 6.07) is 4.77. The first-order valence-electron chi connectivity index (χ1n) is 3.65. The molecule has 0 aliphatic rings. The van der Waals surface area contributed by atoms with Crippen molar-refractivity contribution in [3.8, 4) is 0 Å². The van der Waals surface area contributed by atoms with E-state index in [2.05, 4.69) is 15.9 Å². The van der Waals surface area contributed by atoms with E-state index < -0.39 is 5.54 Å². The van der Waals surface area contributed by atoms with Gasteiger partial charge in [0.05, 0.1) is 0 Å². The molecule has 0 atom stereocenters. The molecular formula is C9H11BrFN. The number of benzene rings is 1. The van der Waals surface area contributed by atoms with Crippen molar-refractivity contribution in [2.24, 2.45) is 5.73 Å². The summed E-state index contributed by atoms with van der Waals surface area (Å²) in [7, 11) is 0. The lowest BCUT2D eigenvalue weighted by Crippen LogP contribution is -2.29. The summed E-state index contributed by atoms with van der Waals surface area (Å²) in [4.78, 5) is 0. The van der Waals surface area contributed by atoms with E-state index in [4.69, 9.17) is 5.73 Å². The number of halogens is 2. The Bertz CT molecular complexity index is 291. The van der Waals surface area contributed by atoms with E-state index in [1.807, 2.05) is 0 Å². The van der Waals surface area contributed by atoms with Crippen molar-refractivity contribution in [2.45, 2.75) is 19.4 Å². The van der Waals surface area contributed by atoms with Gasteiger partial charge in [-0.15, -0.1) is 0 Å². The highest BCUT2D eigenvalue weighted by atomic mass is 79.9. The van der Waals surface area contributed by atoms with Crippen LogP contribution in [0.15, 0.2) is 22.7 Å². The third kappa shape index (κ3) is 2.05. The summed E-state index contributed by atoms with van der Waals surface area (Å²) in [6.07, 6.45) is 0. The Morgan fingerprint density at radius 1 is 1.42 bits per heavy atom. The fraction of sp³-hybridized carbons (Fsp3) is 0.333. The highest BCUT2D eigenvalue weighted by Crippen LogP contribution is 2.23. The second kappa shape index (κ2) is 3.15. The number of rotatable bonds is 1. The third-order valence-electron chi connectivity index (χ3n) is 1.62. The number of nitrogens with two attached hydrogens (primary N) is 1. The van der Waals surface area contributed by atoms with E-state index in [0.29, 0.717) is 5.56 Å². The lowest BCUT2D eigenvalue weighted by atomic mass is 9.95. The van der Waals surface area contributed by atoms with Crippen LogP contribution in [0.5, 0.6) is 0 Å². The minimum Gasteiger partial charge on any atom is -0.322 e. The SMILES string of the molecule is CC(C)(N)c1cc(Br)ccc1F. The van der Waals surface area contributed by atoms with Crippen molar-refractivity contribution in [1.29, 1.82) is 0 Å². The van der Waals surface area contributed by atoms with Crippen LogP contribution < -0.4 is 5.73 Å². The summed E-state index contributed by atoms with van der Waals surface area (Å²) in [5.41, 5.74) is 5.66. The monoisotopic (exact) mass is 231 g/mol. The molecule has 0 amide bonds. The molecule has 12 heavy (non-hydrogen) atoms. The third-order valence-corrected chi connectivity index (χ3v) is 2.12. The first-order valence-corrected chi connectivity index (χ1v) is 4.45. The van der Waals surface area contributed by atoms with Gasteiger partial charge in [0.15, 0.2) is 0 Å². The molecule has 0 bridgehead atoms. The molecule has 0 unspecified atom stereocenters. The first-order chi connectivity index (χ1) is 5.41. The van der Waals surface area contributed by atoms with Gasteiger partial charge in [-0.1, -0.05) is 15.9 Å².